The van der Waals surface area contributed by atoms with Crippen LogP contribution in [0.2, 0.25) is 0 Å². The molecule has 0 atom stereocenters. The lowest BCUT2D eigenvalue weighted by molar-refractivity contribution is -0.132. The molecule has 0 radical (unpaired) electrons. The molecule has 4 rings (SSSR count). The lowest BCUT2D eigenvalue weighted by atomic mass is 10.1. The van der Waals surface area contributed by atoms with Crippen molar-refractivity contribution in [2.45, 2.75) is 19.5 Å². The van der Waals surface area contributed by atoms with Gasteiger partial charge in [-0.15, -0.1) is 5.10 Å². The van der Waals surface area contributed by atoms with Gasteiger partial charge in [-0.1, -0.05) is 72.8 Å². The molecule has 1 aromatic heterocycles. The first kappa shape index (κ1) is 21.2. The Kier molecular flexibility index (Phi) is 6.87. The summed E-state index contributed by atoms with van der Waals surface area (Å²) >= 11 is 0. The second kappa shape index (κ2) is 10.3. The highest BCUT2D eigenvalue weighted by Gasteiger charge is 2.18. The van der Waals surface area contributed by atoms with Crippen molar-refractivity contribution in [1.29, 1.82) is 0 Å². The van der Waals surface area contributed by atoms with Gasteiger partial charge in [0.25, 0.3) is 0 Å². The summed E-state index contributed by atoms with van der Waals surface area (Å²) in [4.78, 5) is 15.2. The molecule has 0 saturated carbocycles. The number of carbonyl (C=O) groups is 1. The number of carbonyl (C=O) groups excluding carboxylic acids is 1. The summed E-state index contributed by atoms with van der Waals surface area (Å²) in [6.07, 6.45) is 0.776. The second-order valence-corrected chi connectivity index (χ2v) is 7.43. The largest absolute Gasteiger partial charge is 0.497 e. The van der Waals surface area contributed by atoms with E-state index in [1.807, 2.05) is 77.7 Å². The van der Waals surface area contributed by atoms with Crippen molar-refractivity contribution < 1.29 is 9.53 Å². The molecule has 0 aliphatic rings. The van der Waals surface area contributed by atoms with Crippen LogP contribution in [-0.2, 0) is 24.3 Å². The van der Waals surface area contributed by atoms with Crippen molar-refractivity contribution in [3.63, 3.8) is 0 Å². The summed E-state index contributed by atoms with van der Waals surface area (Å²) in [5.74, 6) is 1.19. The van der Waals surface area contributed by atoms with Gasteiger partial charge in [0.1, 0.15) is 12.3 Å². The van der Waals surface area contributed by atoms with Crippen LogP contribution in [0.3, 0.4) is 0 Å². The Hall–Kier alpha value is -4.00. The fourth-order valence-electron chi connectivity index (χ4n) is 3.51. The van der Waals surface area contributed by atoms with E-state index < -0.39 is 0 Å². The van der Waals surface area contributed by atoms with Gasteiger partial charge in [-0.2, -0.15) is 0 Å². The van der Waals surface area contributed by atoms with Crippen LogP contribution in [-0.4, -0.2) is 44.7 Å². The van der Waals surface area contributed by atoms with E-state index in [0.717, 1.165) is 17.5 Å². The zero-order valence-corrected chi connectivity index (χ0v) is 18.0. The molecule has 7 heteroatoms. The molecule has 0 unspecified atom stereocenters. The molecule has 0 fully saturated rings. The van der Waals surface area contributed by atoms with E-state index in [-0.39, 0.29) is 12.5 Å². The lowest BCUT2D eigenvalue weighted by Gasteiger charge is -2.23. The fraction of sp³-hybridized carbons (Fsp3) is 0.200. The first-order valence-electron chi connectivity index (χ1n) is 10.5. The highest BCUT2D eigenvalue weighted by molar-refractivity contribution is 5.76. The van der Waals surface area contributed by atoms with E-state index in [4.69, 9.17) is 4.74 Å². The van der Waals surface area contributed by atoms with Crippen LogP contribution in [0.5, 0.6) is 5.75 Å². The van der Waals surface area contributed by atoms with Crippen LogP contribution < -0.4 is 4.74 Å². The summed E-state index contributed by atoms with van der Waals surface area (Å²) in [5, 5.41) is 12.0. The zero-order chi connectivity index (χ0) is 22.2. The van der Waals surface area contributed by atoms with E-state index in [9.17, 15) is 4.79 Å². The Morgan fingerprint density at radius 2 is 1.66 bits per heavy atom. The minimum Gasteiger partial charge on any atom is -0.497 e. The van der Waals surface area contributed by atoms with Gasteiger partial charge in [0.2, 0.25) is 5.91 Å². The van der Waals surface area contributed by atoms with Crippen LogP contribution in [0, 0.1) is 0 Å². The molecule has 7 nitrogen and oxygen atoms in total. The molecule has 0 aliphatic heterocycles. The molecule has 0 bridgehead atoms. The van der Waals surface area contributed by atoms with Crippen molar-refractivity contribution in [2.24, 2.45) is 0 Å². The third-order valence-corrected chi connectivity index (χ3v) is 5.23. The maximum Gasteiger partial charge on any atom is 0.244 e. The standard InChI is InChI=1S/C25H25N5O2/c1-32-23-14-8-13-22(17-23)25-26-27-28-30(25)19-24(31)29(18-21-11-6-3-7-12-21)16-15-20-9-4-2-5-10-20/h2-14,17H,15-16,18-19H2,1H3. The number of benzene rings is 3. The SMILES string of the molecule is COc1cccc(-c2nnnn2CC(=O)N(CCc2ccccc2)Cc2ccccc2)c1. The van der Waals surface area contributed by atoms with Crippen molar-refractivity contribution in [2.75, 3.05) is 13.7 Å². The second-order valence-electron chi connectivity index (χ2n) is 7.43. The van der Waals surface area contributed by atoms with E-state index >= 15 is 0 Å². The summed E-state index contributed by atoms with van der Waals surface area (Å²) in [6.45, 7) is 1.19. The van der Waals surface area contributed by atoms with Crippen molar-refractivity contribution in [3.8, 4) is 17.1 Å². The quantitative estimate of drug-likeness (QED) is 0.408. The number of rotatable bonds is 9. The highest BCUT2D eigenvalue weighted by atomic mass is 16.5. The number of hydrogen-bond donors (Lipinski definition) is 0. The molecule has 1 amide bonds. The Balaban J connectivity index is 1.52. The van der Waals surface area contributed by atoms with Gasteiger partial charge in [0.05, 0.1) is 7.11 Å². The maximum absolute atomic E-state index is 13.3. The average molecular weight is 428 g/mol. The molecular formula is C25H25N5O2. The number of nitrogens with zero attached hydrogens (tertiary/aromatic N) is 5. The van der Waals surface area contributed by atoms with Gasteiger partial charge < -0.3 is 9.64 Å². The molecule has 0 spiro atoms. The normalized spacial score (nSPS) is 10.7. The Morgan fingerprint density at radius 3 is 2.38 bits per heavy atom. The molecule has 32 heavy (non-hydrogen) atoms. The summed E-state index contributed by atoms with van der Waals surface area (Å²) in [6, 6.07) is 27.6. The van der Waals surface area contributed by atoms with Gasteiger partial charge >= 0.3 is 0 Å². The molecule has 0 N–H and O–H groups in total. The number of methoxy groups -OCH3 is 1. The summed E-state index contributed by atoms with van der Waals surface area (Å²) in [5.41, 5.74) is 3.07. The smallest absolute Gasteiger partial charge is 0.244 e. The number of aromatic nitrogens is 4. The fourth-order valence-corrected chi connectivity index (χ4v) is 3.51. The van der Waals surface area contributed by atoms with Gasteiger partial charge in [-0.25, -0.2) is 4.68 Å². The van der Waals surface area contributed by atoms with Crippen molar-refractivity contribution in [3.05, 3.63) is 96.1 Å². The van der Waals surface area contributed by atoms with Crippen molar-refractivity contribution >= 4 is 5.91 Å². The highest BCUT2D eigenvalue weighted by Crippen LogP contribution is 2.21. The minimum absolute atomic E-state index is 0.0405. The summed E-state index contributed by atoms with van der Waals surface area (Å²) in [7, 11) is 1.61. The third kappa shape index (κ3) is 5.37. The molecule has 0 aliphatic carbocycles. The molecular weight excluding hydrogens is 402 g/mol. The van der Waals surface area contributed by atoms with Crippen LogP contribution in [0.15, 0.2) is 84.9 Å². The van der Waals surface area contributed by atoms with Crippen LogP contribution >= 0.6 is 0 Å². The Bertz CT molecular complexity index is 1150. The van der Waals surface area contributed by atoms with E-state index in [1.165, 1.54) is 10.2 Å². The maximum atomic E-state index is 13.3. The van der Waals surface area contributed by atoms with Gasteiger partial charge in [-0.05, 0) is 40.1 Å². The van der Waals surface area contributed by atoms with Crippen LogP contribution in [0.1, 0.15) is 11.1 Å². The number of tetrazole rings is 1. The van der Waals surface area contributed by atoms with Gasteiger partial charge in [0.15, 0.2) is 5.82 Å². The topological polar surface area (TPSA) is 73.1 Å². The molecule has 4 aromatic rings. The molecule has 1 heterocycles. The van der Waals surface area contributed by atoms with E-state index in [0.29, 0.717) is 24.7 Å². The molecule has 162 valence electrons. The van der Waals surface area contributed by atoms with E-state index in [1.54, 1.807) is 7.11 Å². The number of hydrogen-bond acceptors (Lipinski definition) is 5. The Labute approximate surface area is 187 Å². The summed E-state index contributed by atoms with van der Waals surface area (Å²) < 4.78 is 6.84. The number of ether oxygens (including phenoxy) is 1. The minimum atomic E-state index is -0.0405. The van der Waals surface area contributed by atoms with Gasteiger partial charge in [-0.3, -0.25) is 4.79 Å². The predicted octanol–water partition coefficient (Wildman–Crippen LogP) is 3.62. The van der Waals surface area contributed by atoms with Crippen LogP contribution in [0.4, 0.5) is 0 Å². The van der Waals surface area contributed by atoms with Crippen LogP contribution in [0.25, 0.3) is 11.4 Å². The van der Waals surface area contributed by atoms with Crippen molar-refractivity contribution in [1.82, 2.24) is 25.1 Å². The van der Waals surface area contributed by atoms with Gasteiger partial charge in [0, 0.05) is 18.7 Å². The molecule has 3 aromatic carbocycles. The van der Waals surface area contributed by atoms with E-state index in [2.05, 4.69) is 27.7 Å². The molecule has 0 saturated heterocycles. The predicted molar refractivity (Wildman–Crippen MR) is 122 cm³/mol. The number of amides is 1. The zero-order valence-electron chi connectivity index (χ0n) is 18.0. The lowest BCUT2D eigenvalue weighted by Crippen LogP contribution is -2.35. The first-order chi connectivity index (χ1) is 15.7. The Morgan fingerprint density at radius 1 is 0.938 bits per heavy atom. The average Bonchev–Trinajstić information content (AvgIpc) is 3.31. The first-order valence-corrected chi connectivity index (χ1v) is 10.5. The monoisotopic (exact) mass is 427 g/mol. The third-order valence-electron chi connectivity index (χ3n) is 5.23.